The second kappa shape index (κ2) is 9.50. The molecule has 0 N–H and O–H groups in total. The Labute approximate surface area is 214 Å². The lowest BCUT2D eigenvalue weighted by molar-refractivity contribution is -0.134. The molecule has 6 rings (SSSR count). The summed E-state index contributed by atoms with van der Waals surface area (Å²) in [6.07, 6.45) is 3.91. The van der Waals surface area contributed by atoms with Crippen molar-refractivity contribution in [1.29, 1.82) is 0 Å². The van der Waals surface area contributed by atoms with Crippen molar-refractivity contribution in [3.8, 4) is 11.3 Å². The van der Waals surface area contributed by atoms with Gasteiger partial charge in [-0.05, 0) is 37.8 Å². The van der Waals surface area contributed by atoms with E-state index in [1.54, 1.807) is 6.07 Å². The summed E-state index contributed by atoms with van der Waals surface area (Å²) in [5, 5.41) is 2.68. The lowest BCUT2D eigenvalue weighted by Crippen LogP contribution is -2.44. The van der Waals surface area contributed by atoms with Gasteiger partial charge in [-0.25, -0.2) is 4.98 Å². The van der Waals surface area contributed by atoms with Crippen molar-refractivity contribution in [2.75, 3.05) is 31.1 Å². The molecule has 1 unspecified atom stereocenters. The molecule has 0 bridgehead atoms. The third kappa shape index (κ3) is 4.09. The van der Waals surface area contributed by atoms with Gasteiger partial charge in [-0.3, -0.25) is 19.3 Å². The fourth-order valence-electron chi connectivity index (χ4n) is 5.58. The van der Waals surface area contributed by atoms with Gasteiger partial charge in [-0.1, -0.05) is 36.4 Å². The van der Waals surface area contributed by atoms with Crippen LogP contribution >= 0.6 is 11.3 Å². The first kappa shape index (κ1) is 22.9. The molecule has 3 aromatic rings. The molecular weight excluding hydrogens is 472 g/mol. The van der Waals surface area contributed by atoms with E-state index in [1.807, 2.05) is 52.7 Å². The number of likely N-dealkylation sites (tertiary alicyclic amines) is 1. The number of thiazole rings is 1. The average molecular weight is 501 g/mol. The summed E-state index contributed by atoms with van der Waals surface area (Å²) in [5.41, 5.74) is 3.50. The predicted molar refractivity (Wildman–Crippen MR) is 139 cm³/mol. The van der Waals surface area contributed by atoms with Crippen LogP contribution in [0.1, 0.15) is 51.4 Å². The monoisotopic (exact) mass is 500 g/mol. The Balaban J connectivity index is 1.22. The normalized spacial score (nSPS) is 19.8. The SMILES string of the molecule is O=C(C1CCCN(c2cccc3c2C(=O)N(Cc2nc(-c4ccccc4)cs2)C3=O)C1)N1CCCC1. The Bertz CT molecular complexity index is 1320. The highest BCUT2D eigenvalue weighted by molar-refractivity contribution is 7.10. The van der Waals surface area contributed by atoms with E-state index < -0.39 is 0 Å². The second-order valence-corrected chi connectivity index (χ2v) is 10.6. The number of rotatable bonds is 5. The summed E-state index contributed by atoms with van der Waals surface area (Å²) >= 11 is 1.45. The van der Waals surface area contributed by atoms with Crippen LogP contribution in [0.3, 0.4) is 0 Å². The highest BCUT2D eigenvalue weighted by Crippen LogP contribution is 2.35. The summed E-state index contributed by atoms with van der Waals surface area (Å²) in [6.45, 7) is 3.20. The molecule has 0 radical (unpaired) electrons. The largest absolute Gasteiger partial charge is 0.370 e. The predicted octanol–water partition coefficient (Wildman–Crippen LogP) is 4.45. The lowest BCUT2D eigenvalue weighted by atomic mass is 9.95. The zero-order valence-electron chi connectivity index (χ0n) is 20.1. The number of amides is 3. The molecule has 7 nitrogen and oxygen atoms in total. The third-order valence-electron chi connectivity index (χ3n) is 7.42. The summed E-state index contributed by atoms with van der Waals surface area (Å²) in [4.78, 5) is 50.0. The number of nitrogens with zero attached hydrogens (tertiary/aromatic N) is 4. The van der Waals surface area contributed by atoms with Crippen LogP contribution in [-0.2, 0) is 11.3 Å². The van der Waals surface area contributed by atoms with Gasteiger partial charge in [0.2, 0.25) is 5.91 Å². The zero-order valence-corrected chi connectivity index (χ0v) is 20.9. The second-order valence-electron chi connectivity index (χ2n) is 9.71. The molecule has 1 aromatic heterocycles. The van der Waals surface area contributed by atoms with Crippen molar-refractivity contribution in [2.45, 2.75) is 32.2 Å². The molecule has 3 aliphatic rings. The smallest absolute Gasteiger partial charge is 0.264 e. The lowest BCUT2D eigenvalue weighted by Gasteiger charge is -2.36. The van der Waals surface area contributed by atoms with Gasteiger partial charge in [0, 0.05) is 37.1 Å². The number of carbonyl (C=O) groups excluding carboxylic acids is 3. The van der Waals surface area contributed by atoms with Crippen LogP contribution in [0, 0.1) is 5.92 Å². The van der Waals surface area contributed by atoms with Crippen LogP contribution < -0.4 is 4.90 Å². The van der Waals surface area contributed by atoms with Crippen molar-refractivity contribution < 1.29 is 14.4 Å². The fourth-order valence-corrected chi connectivity index (χ4v) is 6.37. The molecule has 8 heteroatoms. The Morgan fingerprint density at radius 3 is 2.56 bits per heavy atom. The van der Waals surface area contributed by atoms with Crippen LogP contribution in [0.5, 0.6) is 0 Å². The Kier molecular flexibility index (Phi) is 6.05. The quantitative estimate of drug-likeness (QED) is 0.484. The van der Waals surface area contributed by atoms with E-state index in [0.717, 1.165) is 67.3 Å². The van der Waals surface area contributed by atoms with Crippen LogP contribution in [0.25, 0.3) is 11.3 Å². The Morgan fingerprint density at radius 1 is 0.944 bits per heavy atom. The van der Waals surface area contributed by atoms with E-state index in [0.29, 0.717) is 17.7 Å². The van der Waals surface area contributed by atoms with Crippen molar-refractivity contribution in [3.05, 3.63) is 70.0 Å². The maximum absolute atomic E-state index is 13.6. The summed E-state index contributed by atoms with van der Waals surface area (Å²) in [5.74, 6) is -0.403. The Morgan fingerprint density at radius 2 is 1.75 bits per heavy atom. The number of anilines is 1. The first-order chi connectivity index (χ1) is 17.6. The molecule has 2 aromatic carbocycles. The van der Waals surface area contributed by atoms with Gasteiger partial charge < -0.3 is 9.80 Å². The van der Waals surface area contributed by atoms with Gasteiger partial charge >= 0.3 is 0 Å². The van der Waals surface area contributed by atoms with Crippen LogP contribution in [0.4, 0.5) is 5.69 Å². The topological polar surface area (TPSA) is 73.8 Å². The standard InChI is InChI=1S/C28H28N4O3S/c33-26(30-13-4-5-14-30)20-10-7-15-31(16-20)23-12-6-11-21-25(23)28(35)32(27(21)34)17-24-29-22(18-36-24)19-8-2-1-3-9-19/h1-3,6,8-9,11-12,18,20H,4-5,7,10,13-17H2. The van der Waals surface area contributed by atoms with E-state index in [1.165, 1.54) is 16.2 Å². The number of imide groups is 1. The van der Waals surface area contributed by atoms with E-state index >= 15 is 0 Å². The fraction of sp³-hybridized carbons (Fsp3) is 0.357. The highest BCUT2D eigenvalue weighted by atomic mass is 32.1. The van der Waals surface area contributed by atoms with Gasteiger partial charge in [0.1, 0.15) is 5.01 Å². The van der Waals surface area contributed by atoms with E-state index in [-0.39, 0.29) is 30.2 Å². The van der Waals surface area contributed by atoms with Crippen LogP contribution in [0.15, 0.2) is 53.9 Å². The molecule has 0 saturated carbocycles. The van der Waals surface area contributed by atoms with Gasteiger partial charge in [-0.15, -0.1) is 11.3 Å². The van der Waals surface area contributed by atoms with Crippen molar-refractivity contribution in [2.24, 2.45) is 5.92 Å². The maximum Gasteiger partial charge on any atom is 0.264 e. The minimum atomic E-state index is -0.282. The number of benzene rings is 2. The third-order valence-corrected chi connectivity index (χ3v) is 8.25. The number of hydrogen-bond donors (Lipinski definition) is 0. The first-order valence-corrected chi connectivity index (χ1v) is 13.5. The Hall–Kier alpha value is -3.52. The van der Waals surface area contributed by atoms with Crippen LogP contribution in [0.2, 0.25) is 0 Å². The molecule has 3 amide bonds. The highest BCUT2D eigenvalue weighted by Gasteiger charge is 2.40. The van der Waals surface area contributed by atoms with Gasteiger partial charge in [0.05, 0.1) is 35.0 Å². The van der Waals surface area contributed by atoms with Crippen LogP contribution in [-0.4, -0.2) is 58.7 Å². The minimum Gasteiger partial charge on any atom is -0.370 e. The number of aromatic nitrogens is 1. The van der Waals surface area contributed by atoms with Crippen molar-refractivity contribution >= 4 is 34.7 Å². The number of fused-ring (bicyclic) bond motifs is 1. The number of hydrogen-bond acceptors (Lipinski definition) is 6. The van der Waals surface area contributed by atoms with E-state index in [2.05, 4.69) is 9.88 Å². The van der Waals surface area contributed by atoms with Gasteiger partial charge in [-0.2, -0.15) is 0 Å². The molecule has 1 atom stereocenters. The number of carbonyl (C=O) groups is 3. The van der Waals surface area contributed by atoms with Crippen molar-refractivity contribution in [1.82, 2.24) is 14.8 Å². The summed E-state index contributed by atoms with van der Waals surface area (Å²) in [6, 6.07) is 15.3. The molecule has 4 heterocycles. The molecule has 0 aliphatic carbocycles. The molecule has 36 heavy (non-hydrogen) atoms. The van der Waals surface area contributed by atoms with Gasteiger partial charge in [0.15, 0.2) is 0 Å². The van der Waals surface area contributed by atoms with Crippen molar-refractivity contribution in [3.63, 3.8) is 0 Å². The summed E-state index contributed by atoms with van der Waals surface area (Å²) < 4.78 is 0. The molecule has 0 spiro atoms. The molecule has 3 aliphatic heterocycles. The number of piperidine rings is 1. The average Bonchev–Trinajstić information content (AvgIpc) is 3.67. The summed E-state index contributed by atoms with van der Waals surface area (Å²) in [7, 11) is 0. The van der Waals surface area contributed by atoms with E-state index in [9.17, 15) is 14.4 Å². The molecule has 2 saturated heterocycles. The van der Waals surface area contributed by atoms with E-state index in [4.69, 9.17) is 0 Å². The maximum atomic E-state index is 13.6. The molecular formula is C28H28N4O3S. The minimum absolute atomic E-state index is 0.0669. The molecule has 2 fully saturated rings. The zero-order chi connectivity index (χ0) is 24.6. The first-order valence-electron chi connectivity index (χ1n) is 12.6. The van der Waals surface area contributed by atoms with Gasteiger partial charge in [0.25, 0.3) is 11.8 Å². The molecule has 184 valence electrons.